The van der Waals surface area contributed by atoms with E-state index in [1.807, 2.05) is 7.05 Å². The number of hydrogen-bond acceptors (Lipinski definition) is 2. The van der Waals surface area contributed by atoms with Crippen molar-refractivity contribution in [2.75, 3.05) is 13.6 Å². The van der Waals surface area contributed by atoms with Gasteiger partial charge in [-0.3, -0.25) is 0 Å². The highest BCUT2D eigenvalue weighted by atomic mass is 16.5. The SMILES string of the molecule is CNCC(C)c1ccc(COC(C)C(C)C)cc1. The van der Waals surface area contributed by atoms with Crippen LogP contribution in [0.15, 0.2) is 24.3 Å². The fourth-order valence-electron chi connectivity index (χ4n) is 1.79. The molecule has 1 aromatic rings. The van der Waals surface area contributed by atoms with Gasteiger partial charge in [-0.2, -0.15) is 0 Å². The number of rotatable bonds is 7. The zero-order valence-corrected chi connectivity index (χ0v) is 12.4. The Morgan fingerprint density at radius 1 is 1.06 bits per heavy atom. The second-order valence-electron chi connectivity index (χ2n) is 5.46. The molecule has 0 radical (unpaired) electrons. The highest BCUT2D eigenvalue weighted by Crippen LogP contribution is 2.16. The minimum Gasteiger partial charge on any atom is -0.374 e. The molecule has 0 aliphatic heterocycles. The first-order valence-electron chi connectivity index (χ1n) is 6.89. The summed E-state index contributed by atoms with van der Waals surface area (Å²) in [5.41, 5.74) is 2.63. The van der Waals surface area contributed by atoms with Crippen LogP contribution in [0.5, 0.6) is 0 Å². The van der Waals surface area contributed by atoms with E-state index in [1.54, 1.807) is 0 Å². The lowest BCUT2D eigenvalue weighted by molar-refractivity contribution is 0.0235. The number of likely N-dealkylation sites (N-methyl/N-ethyl adjacent to an activating group) is 1. The van der Waals surface area contributed by atoms with Crippen LogP contribution < -0.4 is 5.32 Å². The van der Waals surface area contributed by atoms with E-state index in [0.717, 1.165) is 6.54 Å². The largest absolute Gasteiger partial charge is 0.374 e. The average Bonchev–Trinajstić information content (AvgIpc) is 2.36. The van der Waals surface area contributed by atoms with E-state index in [9.17, 15) is 0 Å². The molecule has 0 saturated heterocycles. The molecule has 102 valence electrons. The van der Waals surface area contributed by atoms with E-state index in [2.05, 4.69) is 57.3 Å². The third-order valence-electron chi connectivity index (χ3n) is 3.51. The molecule has 0 saturated carbocycles. The molecule has 0 aliphatic carbocycles. The van der Waals surface area contributed by atoms with Gasteiger partial charge in [0.05, 0.1) is 12.7 Å². The smallest absolute Gasteiger partial charge is 0.0720 e. The molecule has 0 fully saturated rings. The number of hydrogen-bond donors (Lipinski definition) is 1. The predicted molar refractivity (Wildman–Crippen MR) is 77.9 cm³/mol. The van der Waals surface area contributed by atoms with Crippen LogP contribution in [0.25, 0.3) is 0 Å². The van der Waals surface area contributed by atoms with Crippen molar-refractivity contribution in [3.05, 3.63) is 35.4 Å². The Bertz CT molecular complexity index is 331. The summed E-state index contributed by atoms with van der Waals surface area (Å²) in [7, 11) is 1.99. The van der Waals surface area contributed by atoms with Gasteiger partial charge in [0.2, 0.25) is 0 Å². The molecule has 1 aromatic carbocycles. The van der Waals surface area contributed by atoms with Gasteiger partial charge in [0.15, 0.2) is 0 Å². The van der Waals surface area contributed by atoms with Crippen LogP contribution >= 0.6 is 0 Å². The van der Waals surface area contributed by atoms with E-state index in [0.29, 0.717) is 24.5 Å². The first-order valence-corrected chi connectivity index (χ1v) is 6.89. The molecule has 0 aliphatic rings. The first-order chi connectivity index (χ1) is 8.54. The minimum absolute atomic E-state index is 0.313. The normalized spacial score (nSPS) is 14.8. The van der Waals surface area contributed by atoms with Crippen molar-refractivity contribution in [1.82, 2.24) is 5.32 Å². The van der Waals surface area contributed by atoms with Crippen molar-refractivity contribution in [2.45, 2.75) is 46.3 Å². The Labute approximate surface area is 112 Å². The Hall–Kier alpha value is -0.860. The van der Waals surface area contributed by atoms with Crippen molar-refractivity contribution in [3.8, 4) is 0 Å². The van der Waals surface area contributed by atoms with Crippen LogP contribution in [-0.4, -0.2) is 19.7 Å². The van der Waals surface area contributed by atoms with Crippen molar-refractivity contribution < 1.29 is 4.74 Å². The molecule has 1 N–H and O–H groups in total. The van der Waals surface area contributed by atoms with Crippen molar-refractivity contribution in [1.29, 1.82) is 0 Å². The molecule has 0 spiro atoms. The Morgan fingerprint density at radius 2 is 1.67 bits per heavy atom. The van der Waals surface area contributed by atoms with Gasteiger partial charge in [0.25, 0.3) is 0 Å². The van der Waals surface area contributed by atoms with Gasteiger partial charge in [0, 0.05) is 6.54 Å². The predicted octanol–water partition coefficient (Wildman–Crippen LogP) is 3.57. The van der Waals surface area contributed by atoms with Gasteiger partial charge in [-0.15, -0.1) is 0 Å². The van der Waals surface area contributed by atoms with Crippen LogP contribution in [0.2, 0.25) is 0 Å². The van der Waals surface area contributed by atoms with Gasteiger partial charge in [-0.1, -0.05) is 45.0 Å². The van der Waals surface area contributed by atoms with E-state index >= 15 is 0 Å². The molecule has 2 atom stereocenters. The Kier molecular flexibility index (Phi) is 6.37. The molecule has 2 heteroatoms. The second kappa shape index (κ2) is 7.55. The summed E-state index contributed by atoms with van der Waals surface area (Å²) in [6, 6.07) is 8.77. The molecule has 2 nitrogen and oxygen atoms in total. The lowest BCUT2D eigenvalue weighted by atomic mass is 10.00. The Morgan fingerprint density at radius 3 is 2.17 bits per heavy atom. The van der Waals surface area contributed by atoms with Crippen molar-refractivity contribution in [3.63, 3.8) is 0 Å². The highest BCUT2D eigenvalue weighted by molar-refractivity contribution is 5.24. The molecule has 0 aromatic heterocycles. The lowest BCUT2D eigenvalue weighted by Gasteiger charge is -2.17. The van der Waals surface area contributed by atoms with E-state index < -0.39 is 0 Å². The number of benzene rings is 1. The molecule has 2 unspecified atom stereocenters. The summed E-state index contributed by atoms with van der Waals surface area (Å²) in [5.74, 6) is 1.12. The van der Waals surface area contributed by atoms with Crippen LogP contribution in [0, 0.1) is 5.92 Å². The van der Waals surface area contributed by atoms with Crippen LogP contribution in [0.1, 0.15) is 44.7 Å². The highest BCUT2D eigenvalue weighted by Gasteiger charge is 2.08. The van der Waals surface area contributed by atoms with Crippen molar-refractivity contribution >= 4 is 0 Å². The van der Waals surface area contributed by atoms with E-state index in [4.69, 9.17) is 4.74 Å². The van der Waals surface area contributed by atoms with Gasteiger partial charge < -0.3 is 10.1 Å². The monoisotopic (exact) mass is 249 g/mol. The standard InChI is InChI=1S/C16H27NO/c1-12(2)14(4)18-11-15-6-8-16(9-7-15)13(3)10-17-5/h6-9,12-14,17H,10-11H2,1-5H3. The zero-order chi connectivity index (χ0) is 13.5. The van der Waals surface area contributed by atoms with Gasteiger partial charge in [-0.25, -0.2) is 0 Å². The zero-order valence-electron chi connectivity index (χ0n) is 12.4. The van der Waals surface area contributed by atoms with Gasteiger partial charge >= 0.3 is 0 Å². The molecule has 0 heterocycles. The maximum Gasteiger partial charge on any atom is 0.0720 e. The van der Waals surface area contributed by atoms with E-state index in [-0.39, 0.29) is 0 Å². The number of ether oxygens (including phenoxy) is 1. The maximum atomic E-state index is 5.82. The summed E-state index contributed by atoms with van der Waals surface area (Å²) in [4.78, 5) is 0. The molecule has 1 rings (SSSR count). The van der Waals surface area contributed by atoms with Crippen LogP contribution in [0.4, 0.5) is 0 Å². The van der Waals surface area contributed by atoms with Crippen LogP contribution in [-0.2, 0) is 11.3 Å². The topological polar surface area (TPSA) is 21.3 Å². The average molecular weight is 249 g/mol. The number of nitrogens with one attached hydrogen (secondary N) is 1. The molecule has 0 bridgehead atoms. The minimum atomic E-state index is 0.313. The quantitative estimate of drug-likeness (QED) is 0.797. The summed E-state index contributed by atoms with van der Waals surface area (Å²) in [5, 5.41) is 3.21. The first kappa shape index (κ1) is 15.2. The molecule has 0 amide bonds. The Balaban J connectivity index is 2.50. The third kappa shape index (κ3) is 4.79. The van der Waals surface area contributed by atoms with Gasteiger partial charge in [-0.05, 0) is 36.9 Å². The molecule has 18 heavy (non-hydrogen) atoms. The summed E-state index contributed by atoms with van der Waals surface area (Å²) >= 11 is 0. The lowest BCUT2D eigenvalue weighted by Crippen LogP contribution is -2.15. The summed E-state index contributed by atoms with van der Waals surface area (Å²) in [6.07, 6.45) is 0.313. The molecular formula is C16H27NO. The third-order valence-corrected chi connectivity index (χ3v) is 3.51. The summed E-state index contributed by atoms with van der Waals surface area (Å²) < 4.78 is 5.82. The van der Waals surface area contributed by atoms with Crippen LogP contribution in [0.3, 0.4) is 0 Å². The van der Waals surface area contributed by atoms with Gasteiger partial charge in [0.1, 0.15) is 0 Å². The fraction of sp³-hybridized carbons (Fsp3) is 0.625. The molecular weight excluding hydrogens is 222 g/mol. The van der Waals surface area contributed by atoms with E-state index in [1.165, 1.54) is 11.1 Å². The van der Waals surface area contributed by atoms with Crippen molar-refractivity contribution in [2.24, 2.45) is 5.92 Å². The summed E-state index contributed by atoms with van der Waals surface area (Å²) in [6.45, 7) is 10.5. The fourth-order valence-corrected chi connectivity index (χ4v) is 1.79. The second-order valence-corrected chi connectivity index (χ2v) is 5.46. The maximum absolute atomic E-state index is 5.82.